The van der Waals surface area contributed by atoms with Crippen LogP contribution in [0.1, 0.15) is 76.7 Å². The first kappa shape index (κ1) is 17.1. The highest BCUT2D eigenvalue weighted by Crippen LogP contribution is 2.31. The van der Waals surface area contributed by atoms with Gasteiger partial charge in [-0.3, -0.25) is 0 Å². The van der Waals surface area contributed by atoms with Gasteiger partial charge in [-0.1, -0.05) is 56.7 Å². The normalized spacial score (nSPS) is 15.9. The van der Waals surface area contributed by atoms with Gasteiger partial charge in [-0.15, -0.1) is 5.10 Å². The predicted octanol–water partition coefficient (Wildman–Crippen LogP) is 4.54. The van der Waals surface area contributed by atoms with E-state index < -0.39 is 0 Å². The fourth-order valence-corrected chi connectivity index (χ4v) is 4.09. The molecule has 1 heterocycles. The van der Waals surface area contributed by atoms with Crippen molar-refractivity contribution in [2.24, 2.45) is 0 Å². The minimum Gasteiger partial charge on any atom is -0.217 e. The molecule has 1 aliphatic rings. The number of thiol groups is 1. The van der Waals surface area contributed by atoms with Crippen molar-refractivity contribution in [3.63, 3.8) is 0 Å². The van der Waals surface area contributed by atoms with Crippen LogP contribution in [0.2, 0.25) is 0 Å². The Labute approximate surface area is 138 Å². The van der Waals surface area contributed by atoms with Crippen LogP contribution in [-0.4, -0.2) is 31.7 Å². The number of hydrogen-bond acceptors (Lipinski definition) is 5. The lowest BCUT2D eigenvalue weighted by molar-refractivity contribution is 0.423. The monoisotopic (exact) mass is 328 g/mol. The Bertz CT molecular complexity index is 378. The zero-order chi connectivity index (χ0) is 14.8. The summed E-state index contributed by atoms with van der Waals surface area (Å²) in [4.78, 5) is 0. The number of nitrogens with zero attached hydrogens (tertiary/aromatic N) is 4. The summed E-state index contributed by atoms with van der Waals surface area (Å²) < 4.78 is 2.06. The largest absolute Gasteiger partial charge is 0.217 e. The maximum Gasteiger partial charge on any atom is 0.209 e. The first-order valence-electron chi connectivity index (χ1n) is 8.43. The molecule has 6 heteroatoms. The molecule has 0 amide bonds. The summed E-state index contributed by atoms with van der Waals surface area (Å²) in [5.41, 5.74) is 0. The molecule has 0 unspecified atom stereocenters. The molecule has 0 bridgehead atoms. The summed E-state index contributed by atoms with van der Waals surface area (Å²) >= 11 is 6.07. The van der Waals surface area contributed by atoms with E-state index in [-0.39, 0.29) is 0 Å². The molecule has 0 saturated heterocycles. The summed E-state index contributed by atoms with van der Waals surface area (Å²) in [5.74, 6) is 2.18. The van der Waals surface area contributed by atoms with Crippen LogP contribution in [0.3, 0.4) is 0 Å². The SMILES string of the molecule is SCCCCCCCCCSc1nnnn1C1CCCC1. The second-order valence-electron chi connectivity index (χ2n) is 5.89. The fourth-order valence-electron chi connectivity index (χ4n) is 2.92. The van der Waals surface area contributed by atoms with Crippen molar-refractivity contribution in [1.82, 2.24) is 20.2 Å². The summed E-state index contributed by atoms with van der Waals surface area (Å²) in [6.45, 7) is 0. The molecule has 1 aromatic heterocycles. The van der Waals surface area contributed by atoms with Crippen LogP contribution in [0.4, 0.5) is 0 Å². The summed E-state index contributed by atoms with van der Waals surface area (Å²) in [6.07, 6.45) is 14.4. The van der Waals surface area contributed by atoms with Gasteiger partial charge in [0.25, 0.3) is 0 Å². The van der Waals surface area contributed by atoms with Gasteiger partial charge in [-0.2, -0.15) is 12.6 Å². The first-order chi connectivity index (χ1) is 10.4. The second-order valence-corrected chi connectivity index (χ2v) is 7.40. The van der Waals surface area contributed by atoms with Crippen molar-refractivity contribution in [3.8, 4) is 0 Å². The Kier molecular flexibility index (Phi) is 8.56. The Morgan fingerprint density at radius 1 is 1.00 bits per heavy atom. The van der Waals surface area contributed by atoms with Gasteiger partial charge in [-0.05, 0) is 41.9 Å². The molecule has 0 aliphatic heterocycles. The van der Waals surface area contributed by atoms with Crippen LogP contribution in [0.25, 0.3) is 0 Å². The molecule has 0 aromatic carbocycles. The number of hydrogen-bond donors (Lipinski definition) is 1. The van der Waals surface area contributed by atoms with E-state index in [9.17, 15) is 0 Å². The van der Waals surface area contributed by atoms with Crippen molar-refractivity contribution >= 4 is 24.4 Å². The molecule has 1 fully saturated rings. The van der Waals surface area contributed by atoms with Crippen molar-refractivity contribution < 1.29 is 0 Å². The second kappa shape index (κ2) is 10.5. The molecule has 120 valence electrons. The standard InChI is InChI=1S/C15H28N4S2/c20-12-8-4-2-1-3-5-9-13-21-15-16-17-18-19(15)14-10-6-7-11-14/h14,20H,1-13H2. The van der Waals surface area contributed by atoms with E-state index in [0.717, 1.165) is 16.7 Å². The van der Waals surface area contributed by atoms with Crippen molar-refractivity contribution in [1.29, 1.82) is 0 Å². The smallest absolute Gasteiger partial charge is 0.209 e. The fraction of sp³-hybridized carbons (Fsp3) is 0.933. The quantitative estimate of drug-likeness (QED) is 0.368. The third-order valence-corrected chi connectivity index (χ3v) is 5.50. The molecule has 1 aromatic rings. The van der Waals surface area contributed by atoms with Crippen molar-refractivity contribution in [3.05, 3.63) is 0 Å². The van der Waals surface area contributed by atoms with Crippen LogP contribution in [-0.2, 0) is 0 Å². The summed E-state index contributed by atoms with van der Waals surface area (Å²) in [5, 5.41) is 13.3. The van der Waals surface area contributed by atoms with Gasteiger partial charge in [-0.25, -0.2) is 4.68 Å². The lowest BCUT2D eigenvalue weighted by Crippen LogP contribution is -2.08. The number of thioether (sulfide) groups is 1. The summed E-state index contributed by atoms with van der Waals surface area (Å²) in [7, 11) is 0. The number of rotatable bonds is 11. The van der Waals surface area contributed by atoms with E-state index >= 15 is 0 Å². The highest BCUT2D eigenvalue weighted by Gasteiger charge is 2.21. The van der Waals surface area contributed by atoms with E-state index in [1.54, 1.807) is 0 Å². The Hall–Kier alpha value is -0.230. The molecule has 4 nitrogen and oxygen atoms in total. The lowest BCUT2D eigenvalue weighted by Gasteiger charge is -2.10. The zero-order valence-electron chi connectivity index (χ0n) is 12.9. The Morgan fingerprint density at radius 3 is 2.38 bits per heavy atom. The molecule has 0 spiro atoms. The minimum atomic E-state index is 0.550. The third kappa shape index (κ3) is 6.19. The Morgan fingerprint density at radius 2 is 1.67 bits per heavy atom. The van der Waals surface area contributed by atoms with Gasteiger partial charge in [0, 0.05) is 5.75 Å². The van der Waals surface area contributed by atoms with E-state index in [0.29, 0.717) is 6.04 Å². The first-order valence-corrected chi connectivity index (χ1v) is 10.0. The zero-order valence-corrected chi connectivity index (χ0v) is 14.6. The average Bonchev–Trinajstić information content (AvgIpc) is 3.16. The number of unbranched alkanes of at least 4 members (excludes halogenated alkanes) is 6. The molecule has 21 heavy (non-hydrogen) atoms. The van der Waals surface area contributed by atoms with Gasteiger partial charge in [0.15, 0.2) is 0 Å². The van der Waals surface area contributed by atoms with Gasteiger partial charge in [0.05, 0.1) is 6.04 Å². The van der Waals surface area contributed by atoms with Gasteiger partial charge >= 0.3 is 0 Å². The van der Waals surface area contributed by atoms with Gasteiger partial charge in [0.1, 0.15) is 0 Å². The molecular weight excluding hydrogens is 300 g/mol. The molecule has 0 radical (unpaired) electrons. The third-order valence-electron chi connectivity index (χ3n) is 4.17. The van der Waals surface area contributed by atoms with Crippen LogP contribution < -0.4 is 0 Å². The molecule has 1 aliphatic carbocycles. The Balaban J connectivity index is 1.54. The van der Waals surface area contributed by atoms with E-state index in [1.807, 2.05) is 11.8 Å². The molecular formula is C15H28N4S2. The van der Waals surface area contributed by atoms with Gasteiger partial charge < -0.3 is 0 Å². The number of aromatic nitrogens is 4. The van der Waals surface area contributed by atoms with Crippen LogP contribution >= 0.6 is 24.4 Å². The molecule has 2 rings (SSSR count). The lowest BCUT2D eigenvalue weighted by atomic mass is 10.1. The molecule has 0 atom stereocenters. The van der Waals surface area contributed by atoms with Crippen LogP contribution in [0.5, 0.6) is 0 Å². The van der Waals surface area contributed by atoms with Gasteiger partial charge in [0.2, 0.25) is 5.16 Å². The van der Waals surface area contributed by atoms with Crippen LogP contribution in [0, 0.1) is 0 Å². The topological polar surface area (TPSA) is 43.6 Å². The van der Waals surface area contributed by atoms with Crippen LogP contribution in [0.15, 0.2) is 5.16 Å². The maximum atomic E-state index is 4.24. The molecule has 0 N–H and O–H groups in total. The van der Waals surface area contributed by atoms with E-state index in [4.69, 9.17) is 0 Å². The highest BCUT2D eigenvalue weighted by atomic mass is 32.2. The highest BCUT2D eigenvalue weighted by molar-refractivity contribution is 7.99. The van der Waals surface area contributed by atoms with E-state index in [1.165, 1.54) is 70.6 Å². The van der Waals surface area contributed by atoms with E-state index in [2.05, 4.69) is 32.8 Å². The average molecular weight is 329 g/mol. The minimum absolute atomic E-state index is 0.550. The predicted molar refractivity (Wildman–Crippen MR) is 92.2 cm³/mol. The van der Waals surface area contributed by atoms with Crippen molar-refractivity contribution in [2.45, 2.75) is 81.8 Å². The maximum absolute atomic E-state index is 4.24. The molecule has 1 saturated carbocycles. The summed E-state index contributed by atoms with van der Waals surface area (Å²) in [6, 6.07) is 0.550. The number of tetrazole rings is 1. The van der Waals surface area contributed by atoms with Crippen molar-refractivity contribution in [2.75, 3.05) is 11.5 Å².